The van der Waals surface area contributed by atoms with Gasteiger partial charge in [0, 0.05) is 38.0 Å². The second-order valence-corrected chi connectivity index (χ2v) is 5.27. The van der Waals surface area contributed by atoms with Crippen molar-refractivity contribution in [2.24, 2.45) is 0 Å². The zero-order chi connectivity index (χ0) is 13.0. The Morgan fingerprint density at radius 3 is 2.94 bits per heavy atom. The molecular formula is C15H24N2O. The quantitative estimate of drug-likeness (QED) is 0.810. The molecule has 3 heteroatoms. The molecule has 1 aliphatic heterocycles. The van der Waals surface area contributed by atoms with Crippen molar-refractivity contribution in [2.45, 2.75) is 39.3 Å². The first-order valence-electron chi connectivity index (χ1n) is 6.92. The van der Waals surface area contributed by atoms with Gasteiger partial charge in [-0.3, -0.25) is 4.90 Å². The molecule has 0 amide bonds. The van der Waals surface area contributed by atoms with Gasteiger partial charge < -0.3 is 10.4 Å². The van der Waals surface area contributed by atoms with Gasteiger partial charge in [-0.15, -0.1) is 0 Å². The third kappa shape index (κ3) is 3.03. The molecule has 0 atom stereocenters. The van der Waals surface area contributed by atoms with Crippen molar-refractivity contribution >= 4 is 5.69 Å². The van der Waals surface area contributed by atoms with E-state index in [0.29, 0.717) is 6.04 Å². The van der Waals surface area contributed by atoms with E-state index in [2.05, 4.69) is 42.3 Å². The minimum Gasteiger partial charge on any atom is -0.396 e. The number of aliphatic hydroxyl groups excluding tert-OH is 1. The Kier molecular flexibility index (Phi) is 4.61. The average Bonchev–Trinajstić information content (AvgIpc) is 2.83. The highest BCUT2D eigenvalue weighted by Crippen LogP contribution is 2.27. The standard InChI is InChI=1S/C15H24N2O/c1-12(2)17(9-4-10-18)11-14-6-3-5-13-7-8-16-15(13)14/h3,5-6,12,16,18H,4,7-11H2,1-2H3. The Morgan fingerprint density at radius 2 is 2.22 bits per heavy atom. The van der Waals surface area contributed by atoms with Crippen LogP contribution in [0.3, 0.4) is 0 Å². The van der Waals surface area contributed by atoms with Gasteiger partial charge in [-0.05, 0) is 37.8 Å². The second-order valence-electron chi connectivity index (χ2n) is 5.27. The van der Waals surface area contributed by atoms with Crippen LogP contribution in [0.1, 0.15) is 31.4 Å². The molecule has 1 aromatic rings. The number of nitrogens with zero attached hydrogens (tertiary/aromatic N) is 1. The first-order valence-corrected chi connectivity index (χ1v) is 6.92. The summed E-state index contributed by atoms with van der Waals surface area (Å²) in [5, 5.41) is 12.5. The maximum atomic E-state index is 8.98. The number of nitrogens with one attached hydrogen (secondary N) is 1. The van der Waals surface area contributed by atoms with E-state index in [1.54, 1.807) is 0 Å². The smallest absolute Gasteiger partial charge is 0.0443 e. The Bertz CT molecular complexity index is 390. The molecule has 1 heterocycles. The van der Waals surface area contributed by atoms with Crippen LogP contribution in [0.15, 0.2) is 18.2 Å². The average molecular weight is 248 g/mol. The van der Waals surface area contributed by atoms with E-state index in [-0.39, 0.29) is 6.61 Å². The summed E-state index contributed by atoms with van der Waals surface area (Å²) in [4.78, 5) is 2.42. The molecular weight excluding hydrogens is 224 g/mol. The molecule has 0 spiro atoms. The minimum atomic E-state index is 0.272. The summed E-state index contributed by atoms with van der Waals surface area (Å²) in [7, 11) is 0. The lowest BCUT2D eigenvalue weighted by atomic mass is 10.1. The number of hydrogen-bond donors (Lipinski definition) is 2. The highest BCUT2D eigenvalue weighted by atomic mass is 16.3. The van der Waals surface area contributed by atoms with Crippen LogP contribution < -0.4 is 5.32 Å². The van der Waals surface area contributed by atoms with E-state index in [0.717, 1.165) is 32.5 Å². The van der Waals surface area contributed by atoms with Crippen molar-refractivity contribution in [1.82, 2.24) is 4.90 Å². The molecule has 2 N–H and O–H groups in total. The SMILES string of the molecule is CC(C)N(CCCO)Cc1cccc2c1NCC2. The number of anilines is 1. The van der Waals surface area contributed by atoms with Crippen LogP contribution in [0.2, 0.25) is 0 Å². The Morgan fingerprint density at radius 1 is 1.39 bits per heavy atom. The van der Waals surface area contributed by atoms with Gasteiger partial charge in [-0.25, -0.2) is 0 Å². The van der Waals surface area contributed by atoms with Crippen molar-refractivity contribution in [3.05, 3.63) is 29.3 Å². The number of aliphatic hydroxyl groups is 1. The molecule has 3 nitrogen and oxygen atoms in total. The van der Waals surface area contributed by atoms with E-state index < -0.39 is 0 Å². The zero-order valence-corrected chi connectivity index (χ0v) is 11.4. The van der Waals surface area contributed by atoms with Crippen molar-refractivity contribution in [2.75, 3.05) is 25.0 Å². The third-order valence-electron chi connectivity index (χ3n) is 3.64. The summed E-state index contributed by atoms with van der Waals surface area (Å²) >= 11 is 0. The lowest BCUT2D eigenvalue weighted by molar-refractivity contribution is 0.185. The van der Waals surface area contributed by atoms with E-state index in [1.807, 2.05) is 0 Å². The Labute approximate surface area is 110 Å². The Balaban J connectivity index is 2.09. The first kappa shape index (κ1) is 13.4. The van der Waals surface area contributed by atoms with Crippen LogP contribution in [0.25, 0.3) is 0 Å². The summed E-state index contributed by atoms with van der Waals surface area (Å²) in [6.45, 7) is 7.69. The van der Waals surface area contributed by atoms with Crippen molar-refractivity contribution in [1.29, 1.82) is 0 Å². The van der Waals surface area contributed by atoms with Gasteiger partial charge in [-0.2, -0.15) is 0 Å². The van der Waals surface area contributed by atoms with Crippen LogP contribution in [0.4, 0.5) is 5.69 Å². The Hall–Kier alpha value is -1.06. The summed E-state index contributed by atoms with van der Waals surface area (Å²) in [5.74, 6) is 0. The summed E-state index contributed by atoms with van der Waals surface area (Å²) in [5.41, 5.74) is 4.17. The lowest BCUT2D eigenvalue weighted by Gasteiger charge is -2.27. The van der Waals surface area contributed by atoms with Gasteiger partial charge in [0.15, 0.2) is 0 Å². The summed E-state index contributed by atoms with van der Waals surface area (Å²) < 4.78 is 0. The first-order chi connectivity index (χ1) is 8.72. The van der Waals surface area contributed by atoms with Crippen LogP contribution in [0, 0.1) is 0 Å². The fourth-order valence-corrected chi connectivity index (χ4v) is 2.56. The summed E-state index contributed by atoms with van der Waals surface area (Å²) in [6.07, 6.45) is 1.99. The molecule has 0 aromatic heterocycles. The molecule has 0 aliphatic carbocycles. The van der Waals surface area contributed by atoms with Crippen LogP contribution >= 0.6 is 0 Å². The van der Waals surface area contributed by atoms with Crippen molar-refractivity contribution < 1.29 is 5.11 Å². The van der Waals surface area contributed by atoms with Crippen LogP contribution in [-0.4, -0.2) is 35.7 Å². The van der Waals surface area contributed by atoms with Crippen molar-refractivity contribution in [3.8, 4) is 0 Å². The topological polar surface area (TPSA) is 35.5 Å². The minimum absolute atomic E-state index is 0.272. The molecule has 0 fully saturated rings. The zero-order valence-electron chi connectivity index (χ0n) is 11.4. The number of fused-ring (bicyclic) bond motifs is 1. The molecule has 1 aliphatic rings. The number of hydrogen-bond acceptors (Lipinski definition) is 3. The van der Waals surface area contributed by atoms with Gasteiger partial charge >= 0.3 is 0 Å². The van der Waals surface area contributed by atoms with E-state index in [9.17, 15) is 0 Å². The van der Waals surface area contributed by atoms with E-state index >= 15 is 0 Å². The number of para-hydroxylation sites is 1. The molecule has 2 rings (SSSR count). The van der Waals surface area contributed by atoms with E-state index in [1.165, 1.54) is 16.8 Å². The van der Waals surface area contributed by atoms with E-state index in [4.69, 9.17) is 5.11 Å². The summed E-state index contributed by atoms with van der Waals surface area (Å²) in [6, 6.07) is 7.09. The molecule has 100 valence electrons. The van der Waals surface area contributed by atoms with Crippen LogP contribution in [-0.2, 0) is 13.0 Å². The van der Waals surface area contributed by atoms with Gasteiger partial charge in [-0.1, -0.05) is 18.2 Å². The highest BCUT2D eigenvalue weighted by molar-refractivity contribution is 5.61. The molecule has 0 radical (unpaired) electrons. The molecule has 18 heavy (non-hydrogen) atoms. The van der Waals surface area contributed by atoms with Gasteiger partial charge in [0.1, 0.15) is 0 Å². The molecule has 0 unspecified atom stereocenters. The fraction of sp³-hybridized carbons (Fsp3) is 0.600. The number of benzene rings is 1. The molecule has 1 aromatic carbocycles. The monoisotopic (exact) mass is 248 g/mol. The fourth-order valence-electron chi connectivity index (χ4n) is 2.56. The molecule has 0 saturated carbocycles. The maximum absolute atomic E-state index is 8.98. The highest BCUT2D eigenvalue weighted by Gasteiger charge is 2.16. The van der Waals surface area contributed by atoms with Gasteiger partial charge in [0.25, 0.3) is 0 Å². The predicted molar refractivity (Wildman–Crippen MR) is 75.9 cm³/mol. The predicted octanol–water partition coefficient (Wildman–Crippen LogP) is 2.25. The van der Waals surface area contributed by atoms with Gasteiger partial charge in [0.05, 0.1) is 0 Å². The van der Waals surface area contributed by atoms with Crippen molar-refractivity contribution in [3.63, 3.8) is 0 Å². The maximum Gasteiger partial charge on any atom is 0.0443 e. The second kappa shape index (κ2) is 6.21. The largest absolute Gasteiger partial charge is 0.396 e. The number of rotatable bonds is 6. The molecule has 0 saturated heterocycles. The normalized spacial score (nSPS) is 14.1. The van der Waals surface area contributed by atoms with Gasteiger partial charge in [0.2, 0.25) is 0 Å². The van der Waals surface area contributed by atoms with Crippen LogP contribution in [0.5, 0.6) is 0 Å². The lowest BCUT2D eigenvalue weighted by Crippen LogP contribution is -2.32. The molecule has 0 bridgehead atoms. The third-order valence-corrected chi connectivity index (χ3v) is 3.64.